The first-order valence-electron chi connectivity index (χ1n) is 7.46. The van der Waals surface area contributed by atoms with Crippen molar-refractivity contribution in [3.8, 4) is 5.75 Å². The highest BCUT2D eigenvalue weighted by molar-refractivity contribution is 6.31. The lowest BCUT2D eigenvalue weighted by Gasteiger charge is -2.18. The van der Waals surface area contributed by atoms with Crippen LogP contribution < -0.4 is 15.4 Å². The monoisotopic (exact) mass is 346 g/mol. The highest BCUT2D eigenvalue weighted by Crippen LogP contribution is 2.21. The zero-order valence-corrected chi connectivity index (χ0v) is 14.3. The van der Waals surface area contributed by atoms with Gasteiger partial charge in [-0.3, -0.25) is 9.59 Å². The number of benzene rings is 2. The van der Waals surface area contributed by atoms with Crippen LogP contribution in [0.25, 0.3) is 0 Å². The second-order valence-electron chi connectivity index (χ2n) is 5.23. The Labute approximate surface area is 146 Å². The Bertz CT molecular complexity index is 719. The molecule has 0 bridgehead atoms. The molecule has 0 fully saturated rings. The molecule has 0 saturated carbocycles. The van der Waals surface area contributed by atoms with Crippen LogP contribution in [0.2, 0.25) is 5.02 Å². The lowest BCUT2D eigenvalue weighted by Crippen LogP contribution is -2.40. The summed E-state index contributed by atoms with van der Waals surface area (Å²) in [4.78, 5) is 24.2. The predicted octanol–water partition coefficient (Wildman–Crippen LogP) is 2.63. The number of likely N-dealkylation sites (N-methyl/N-ethyl adjacent to an activating group) is 1. The number of nitrogens with one attached hydrogen (secondary N) is 2. The molecule has 126 valence electrons. The van der Waals surface area contributed by atoms with E-state index in [4.69, 9.17) is 16.3 Å². The van der Waals surface area contributed by atoms with Crippen molar-refractivity contribution < 1.29 is 14.3 Å². The zero-order chi connectivity index (χ0) is 17.5. The third-order valence-corrected chi connectivity index (χ3v) is 3.87. The molecule has 24 heavy (non-hydrogen) atoms. The molecule has 2 aromatic rings. The Morgan fingerprint density at radius 3 is 2.50 bits per heavy atom. The van der Waals surface area contributed by atoms with E-state index in [-0.39, 0.29) is 18.4 Å². The molecule has 1 unspecified atom stereocenters. The van der Waals surface area contributed by atoms with E-state index in [2.05, 4.69) is 10.6 Å². The Hall–Kier alpha value is -2.53. The summed E-state index contributed by atoms with van der Waals surface area (Å²) in [5.41, 5.74) is 1.56. The number of halogens is 1. The molecule has 2 amide bonds. The van der Waals surface area contributed by atoms with Crippen LogP contribution in [0.3, 0.4) is 0 Å². The van der Waals surface area contributed by atoms with Crippen LogP contribution in [0.15, 0.2) is 48.5 Å². The van der Waals surface area contributed by atoms with Crippen LogP contribution in [-0.2, 0) is 9.59 Å². The van der Waals surface area contributed by atoms with Crippen molar-refractivity contribution in [2.75, 3.05) is 13.7 Å². The van der Waals surface area contributed by atoms with Crippen LogP contribution in [-0.4, -0.2) is 25.5 Å². The third-order valence-electron chi connectivity index (χ3n) is 3.45. The summed E-state index contributed by atoms with van der Waals surface area (Å²) < 4.78 is 5.45. The van der Waals surface area contributed by atoms with Gasteiger partial charge in [0.1, 0.15) is 11.8 Å². The van der Waals surface area contributed by atoms with E-state index < -0.39 is 6.04 Å². The summed E-state index contributed by atoms with van der Waals surface area (Å²) in [5, 5.41) is 5.86. The Morgan fingerprint density at radius 1 is 1.17 bits per heavy atom. The molecule has 6 heteroatoms. The van der Waals surface area contributed by atoms with E-state index in [1.54, 1.807) is 30.3 Å². The Balaban J connectivity index is 2.00. The molecule has 0 aliphatic carbocycles. The molecule has 0 heterocycles. The van der Waals surface area contributed by atoms with Gasteiger partial charge in [-0.15, -0.1) is 0 Å². The van der Waals surface area contributed by atoms with E-state index in [9.17, 15) is 9.59 Å². The van der Waals surface area contributed by atoms with Gasteiger partial charge in [-0.05, 0) is 36.2 Å². The Kier molecular flexibility index (Phi) is 6.21. The van der Waals surface area contributed by atoms with Crippen LogP contribution in [0.5, 0.6) is 5.75 Å². The number of rotatable bonds is 6. The largest absolute Gasteiger partial charge is 0.484 e. The fourth-order valence-corrected chi connectivity index (χ4v) is 2.27. The van der Waals surface area contributed by atoms with Gasteiger partial charge >= 0.3 is 0 Å². The molecule has 1 atom stereocenters. The summed E-state index contributed by atoms with van der Waals surface area (Å²) >= 11 is 5.95. The highest BCUT2D eigenvalue weighted by Gasteiger charge is 2.21. The van der Waals surface area contributed by atoms with E-state index in [1.807, 2.05) is 25.1 Å². The van der Waals surface area contributed by atoms with Crippen LogP contribution in [0, 0.1) is 6.92 Å². The molecule has 5 nitrogen and oxygen atoms in total. The van der Waals surface area contributed by atoms with Crippen molar-refractivity contribution in [1.82, 2.24) is 10.6 Å². The van der Waals surface area contributed by atoms with E-state index in [1.165, 1.54) is 7.05 Å². The van der Waals surface area contributed by atoms with Gasteiger partial charge in [-0.2, -0.15) is 0 Å². The lowest BCUT2D eigenvalue weighted by molar-refractivity contribution is -0.129. The molecule has 0 aliphatic rings. The van der Waals surface area contributed by atoms with E-state index >= 15 is 0 Å². The first-order valence-corrected chi connectivity index (χ1v) is 7.84. The van der Waals surface area contributed by atoms with Gasteiger partial charge in [-0.1, -0.05) is 41.9 Å². The van der Waals surface area contributed by atoms with Crippen LogP contribution >= 0.6 is 11.6 Å². The molecule has 0 spiro atoms. The summed E-state index contributed by atoms with van der Waals surface area (Å²) in [6.45, 7) is 1.66. The van der Waals surface area contributed by atoms with Gasteiger partial charge in [0.2, 0.25) is 5.91 Å². The zero-order valence-electron chi connectivity index (χ0n) is 13.5. The number of carbonyl (C=O) groups is 2. The van der Waals surface area contributed by atoms with Gasteiger partial charge in [0.25, 0.3) is 5.91 Å². The maximum absolute atomic E-state index is 12.1. The molecular formula is C18H19ClN2O3. The standard InChI is InChI=1S/C18H19ClN2O3/c1-12-10-14(8-9-15(12)19)24-11-16(22)21-17(18(23)20-2)13-6-4-3-5-7-13/h3-10,17H,11H2,1-2H3,(H,20,23)(H,21,22). The molecule has 0 aromatic heterocycles. The van der Waals surface area contributed by atoms with E-state index in [0.29, 0.717) is 16.3 Å². The average molecular weight is 347 g/mol. The lowest BCUT2D eigenvalue weighted by atomic mass is 10.1. The molecule has 0 saturated heterocycles. The number of aryl methyl sites for hydroxylation is 1. The fraction of sp³-hybridized carbons (Fsp3) is 0.222. The topological polar surface area (TPSA) is 67.4 Å². The van der Waals surface area contributed by atoms with Gasteiger partial charge in [0, 0.05) is 12.1 Å². The molecule has 2 N–H and O–H groups in total. The summed E-state index contributed by atoms with van der Waals surface area (Å²) in [7, 11) is 1.53. The summed E-state index contributed by atoms with van der Waals surface area (Å²) in [5.74, 6) is -0.139. The van der Waals surface area contributed by atoms with Gasteiger partial charge in [0.15, 0.2) is 6.61 Å². The number of carbonyl (C=O) groups excluding carboxylic acids is 2. The molecule has 2 aromatic carbocycles. The van der Waals surface area contributed by atoms with E-state index in [0.717, 1.165) is 5.56 Å². The van der Waals surface area contributed by atoms with Crippen LogP contribution in [0.1, 0.15) is 17.2 Å². The van der Waals surface area contributed by atoms with Gasteiger partial charge in [-0.25, -0.2) is 0 Å². The molecule has 0 radical (unpaired) electrons. The molecule has 0 aliphatic heterocycles. The van der Waals surface area contributed by atoms with Crippen molar-refractivity contribution in [3.63, 3.8) is 0 Å². The average Bonchev–Trinajstić information content (AvgIpc) is 2.60. The maximum atomic E-state index is 12.1. The smallest absolute Gasteiger partial charge is 0.258 e. The maximum Gasteiger partial charge on any atom is 0.258 e. The minimum atomic E-state index is -0.765. The minimum absolute atomic E-state index is 0.193. The first-order chi connectivity index (χ1) is 11.5. The highest BCUT2D eigenvalue weighted by atomic mass is 35.5. The van der Waals surface area contributed by atoms with Crippen molar-refractivity contribution in [2.45, 2.75) is 13.0 Å². The second-order valence-corrected chi connectivity index (χ2v) is 5.63. The van der Waals surface area contributed by atoms with Crippen molar-refractivity contribution >= 4 is 23.4 Å². The SMILES string of the molecule is CNC(=O)C(NC(=O)COc1ccc(Cl)c(C)c1)c1ccccc1. The normalized spacial score (nSPS) is 11.5. The number of hydrogen-bond acceptors (Lipinski definition) is 3. The summed E-state index contributed by atoms with van der Waals surface area (Å²) in [6, 6.07) is 13.4. The molecular weight excluding hydrogens is 328 g/mol. The van der Waals surface area contributed by atoms with Gasteiger partial charge in [0.05, 0.1) is 0 Å². The number of ether oxygens (including phenoxy) is 1. The minimum Gasteiger partial charge on any atom is -0.484 e. The quantitative estimate of drug-likeness (QED) is 0.845. The van der Waals surface area contributed by atoms with Crippen LogP contribution in [0.4, 0.5) is 0 Å². The summed E-state index contributed by atoms with van der Waals surface area (Å²) in [6.07, 6.45) is 0. The van der Waals surface area contributed by atoms with Gasteiger partial charge < -0.3 is 15.4 Å². The molecule has 2 rings (SSSR count). The number of amides is 2. The first kappa shape index (κ1) is 17.8. The van der Waals surface area contributed by atoms with Crippen molar-refractivity contribution in [2.24, 2.45) is 0 Å². The number of hydrogen-bond donors (Lipinski definition) is 2. The third kappa shape index (κ3) is 4.73. The second kappa shape index (κ2) is 8.36. The van der Waals surface area contributed by atoms with Crippen molar-refractivity contribution in [1.29, 1.82) is 0 Å². The van der Waals surface area contributed by atoms with Crippen molar-refractivity contribution in [3.05, 3.63) is 64.7 Å². The Morgan fingerprint density at radius 2 is 1.88 bits per heavy atom. The predicted molar refractivity (Wildman–Crippen MR) is 93.1 cm³/mol. The fourth-order valence-electron chi connectivity index (χ4n) is 2.15.